The molecular weight excluding hydrogens is 781 g/mol. The molecule has 0 aliphatic carbocycles. The van der Waals surface area contributed by atoms with Gasteiger partial charge in [-0.3, -0.25) is 9.13 Å². The number of hydrogen-bond donors (Lipinski definition) is 0. The van der Waals surface area contributed by atoms with Gasteiger partial charge in [0.25, 0.3) is 0 Å². The van der Waals surface area contributed by atoms with Crippen molar-refractivity contribution in [3.05, 3.63) is 243 Å². The van der Waals surface area contributed by atoms with E-state index in [4.69, 9.17) is 9.97 Å². The highest BCUT2D eigenvalue weighted by Gasteiger charge is 2.42. The van der Waals surface area contributed by atoms with Crippen molar-refractivity contribution < 1.29 is 0 Å². The van der Waals surface area contributed by atoms with E-state index in [9.17, 15) is 0 Å². The van der Waals surface area contributed by atoms with Gasteiger partial charge in [0, 0.05) is 33.2 Å². The Hall–Kier alpha value is -8.12. The predicted molar refractivity (Wildman–Crippen MR) is 265 cm³/mol. The van der Waals surface area contributed by atoms with E-state index in [1.807, 2.05) is 0 Å². The Labute approximate surface area is 366 Å². The number of hydrogen-bond acceptors (Lipinski definition) is 2. The van der Waals surface area contributed by atoms with Gasteiger partial charge in [0.15, 0.2) is 8.07 Å². The number of fused-ring (bicyclic) bond motifs is 6. The van der Waals surface area contributed by atoms with Crippen LogP contribution in [0.1, 0.15) is 0 Å². The molecule has 0 aliphatic rings. The predicted octanol–water partition coefficient (Wildman–Crippen LogP) is 11.4. The van der Waals surface area contributed by atoms with E-state index in [1.54, 1.807) is 0 Å². The molecule has 0 N–H and O–H groups in total. The first kappa shape index (κ1) is 36.7. The Kier molecular flexibility index (Phi) is 8.80. The lowest BCUT2D eigenvalue weighted by Gasteiger charge is -2.36. The first-order valence-electron chi connectivity index (χ1n) is 21.5. The second-order valence-electron chi connectivity index (χ2n) is 16.1. The maximum Gasteiger partial charge on any atom is 0.237 e. The smallest absolute Gasteiger partial charge is 0.237 e. The van der Waals surface area contributed by atoms with Gasteiger partial charge in [-0.2, -0.15) is 4.98 Å². The molecule has 5 heteroatoms. The van der Waals surface area contributed by atoms with Crippen LogP contribution in [-0.2, 0) is 0 Å². The fourth-order valence-corrected chi connectivity index (χ4v) is 15.0. The van der Waals surface area contributed by atoms with Crippen LogP contribution in [-0.4, -0.2) is 27.2 Å². The number of rotatable bonds is 8. The van der Waals surface area contributed by atoms with E-state index in [0.717, 1.165) is 44.7 Å². The summed E-state index contributed by atoms with van der Waals surface area (Å²) in [5.74, 6) is 1.43. The van der Waals surface area contributed by atoms with E-state index in [0.29, 0.717) is 5.95 Å². The molecule has 0 bridgehead atoms. The van der Waals surface area contributed by atoms with Gasteiger partial charge in [-0.05, 0) is 62.2 Å². The maximum absolute atomic E-state index is 5.51. The van der Waals surface area contributed by atoms with Crippen molar-refractivity contribution in [2.45, 2.75) is 0 Å². The SMILES string of the molecule is c1ccc([Si](c2ccccc2)(c2ccccc2)c2ccccc2-c2cccc(-c3cc(-n4c5ccccc5c5ccccc54)nc(-n4c5ccccc5c5ccccc54)n3)c2)cc1. The van der Waals surface area contributed by atoms with E-state index < -0.39 is 8.07 Å². The molecule has 0 atom stereocenters. The third-order valence-corrected chi connectivity index (χ3v) is 17.6. The van der Waals surface area contributed by atoms with E-state index in [-0.39, 0.29) is 0 Å². The van der Waals surface area contributed by atoms with Crippen molar-refractivity contribution >= 4 is 72.4 Å². The Bertz CT molecular complexity index is 3290. The molecule has 0 saturated heterocycles. The van der Waals surface area contributed by atoms with Gasteiger partial charge in [0.1, 0.15) is 5.82 Å². The Morgan fingerprint density at radius 1 is 0.317 bits per heavy atom. The summed E-state index contributed by atoms with van der Waals surface area (Å²) in [5, 5.41) is 10.1. The third-order valence-electron chi connectivity index (χ3n) is 12.7. The molecule has 0 amide bonds. The van der Waals surface area contributed by atoms with Gasteiger partial charge in [-0.1, -0.05) is 206 Å². The number of para-hydroxylation sites is 4. The monoisotopic (exact) mass is 820 g/mol. The van der Waals surface area contributed by atoms with Crippen LogP contribution in [0.15, 0.2) is 243 Å². The molecule has 0 saturated carbocycles. The molecule has 0 fully saturated rings. The number of benzene rings is 9. The average molecular weight is 821 g/mol. The van der Waals surface area contributed by atoms with Crippen LogP contribution < -0.4 is 20.7 Å². The first-order valence-corrected chi connectivity index (χ1v) is 23.5. The Morgan fingerprint density at radius 2 is 0.730 bits per heavy atom. The zero-order chi connectivity index (χ0) is 41.7. The van der Waals surface area contributed by atoms with Crippen molar-refractivity contribution in [2.75, 3.05) is 0 Å². The van der Waals surface area contributed by atoms with Crippen LogP contribution in [0.25, 0.3) is 77.8 Å². The summed E-state index contributed by atoms with van der Waals surface area (Å²) in [4.78, 5) is 11.0. The summed E-state index contributed by atoms with van der Waals surface area (Å²) in [6.07, 6.45) is 0. The van der Waals surface area contributed by atoms with Crippen LogP contribution in [0.2, 0.25) is 0 Å². The van der Waals surface area contributed by atoms with Gasteiger partial charge in [-0.25, -0.2) is 4.98 Å². The topological polar surface area (TPSA) is 35.6 Å². The summed E-state index contributed by atoms with van der Waals surface area (Å²) in [6, 6.07) is 88.0. The van der Waals surface area contributed by atoms with Crippen molar-refractivity contribution in [2.24, 2.45) is 0 Å². The lowest BCUT2D eigenvalue weighted by atomic mass is 10.0. The van der Waals surface area contributed by atoms with Crippen molar-refractivity contribution in [3.63, 3.8) is 0 Å². The van der Waals surface area contributed by atoms with Gasteiger partial charge in [0.05, 0.1) is 27.8 Å². The molecule has 0 radical (unpaired) electrons. The maximum atomic E-state index is 5.51. The standard InChI is InChI=1S/C58H40N4Si/c1-4-23-43(24-5-1)63(44-25-6-2-7-26-44,45-27-8-3-9-28-45)56-38-19-14-29-46(56)41-21-20-22-42(39-41)51-40-57(61-52-34-15-10-30-47(52)48-31-11-16-35-53(48)61)60-58(59-51)62-54-36-17-12-32-49(54)50-33-13-18-37-55(50)62/h1-40H. The van der Waals surface area contributed by atoms with Gasteiger partial charge >= 0.3 is 0 Å². The third kappa shape index (κ3) is 5.89. The molecular formula is C58H40N4Si. The van der Waals surface area contributed by atoms with Gasteiger partial charge < -0.3 is 0 Å². The van der Waals surface area contributed by atoms with Crippen molar-refractivity contribution in [1.82, 2.24) is 19.1 Å². The summed E-state index contributed by atoms with van der Waals surface area (Å²) in [6.45, 7) is 0. The van der Waals surface area contributed by atoms with Crippen molar-refractivity contribution in [3.8, 4) is 34.2 Å². The zero-order valence-electron chi connectivity index (χ0n) is 34.4. The zero-order valence-corrected chi connectivity index (χ0v) is 35.4. The van der Waals surface area contributed by atoms with E-state index in [2.05, 4.69) is 252 Å². The minimum Gasteiger partial charge on any atom is -0.294 e. The Balaban J connectivity index is 1.12. The molecule has 12 aromatic rings. The summed E-state index contributed by atoms with van der Waals surface area (Å²) < 4.78 is 4.52. The molecule has 296 valence electrons. The lowest BCUT2D eigenvalue weighted by molar-refractivity contribution is 0.952. The van der Waals surface area contributed by atoms with Crippen LogP contribution >= 0.6 is 0 Å². The highest BCUT2D eigenvalue weighted by Crippen LogP contribution is 2.36. The largest absolute Gasteiger partial charge is 0.294 e. The second-order valence-corrected chi connectivity index (χ2v) is 19.9. The lowest BCUT2D eigenvalue weighted by Crippen LogP contribution is -2.75. The fraction of sp³-hybridized carbons (Fsp3) is 0. The molecule has 0 aliphatic heterocycles. The molecule has 4 nitrogen and oxygen atoms in total. The quantitative estimate of drug-likeness (QED) is 0.113. The van der Waals surface area contributed by atoms with E-state index >= 15 is 0 Å². The minimum absolute atomic E-state index is 0.622. The van der Waals surface area contributed by atoms with Crippen LogP contribution in [0.4, 0.5) is 0 Å². The van der Waals surface area contributed by atoms with E-state index in [1.165, 1.54) is 47.9 Å². The first-order chi connectivity index (χ1) is 31.3. The highest BCUT2D eigenvalue weighted by atomic mass is 28.3. The number of nitrogens with zero attached hydrogens (tertiary/aromatic N) is 4. The number of aromatic nitrogens is 4. The molecule has 0 unspecified atom stereocenters. The molecule has 63 heavy (non-hydrogen) atoms. The normalized spacial score (nSPS) is 11.8. The van der Waals surface area contributed by atoms with Crippen LogP contribution in [0, 0.1) is 0 Å². The molecule has 3 aromatic heterocycles. The highest BCUT2D eigenvalue weighted by molar-refractivity contribution is 7.20. The van der Waals surface area contributed by atoms with Gasteiger partial charge in [0.2, 0.25) is 5.95 Å². The minimum atomic E-state index is -2.85. The summed E-state index contributed by atoms with van der Waals surface area (Å²) in [7, 11) is -2.85. The fourth-order valence-electron chi connectivity index (χ4n) is 10.0. The van der Waals surface area contributed by atoms with Crippen LogP contribution in [0.5, 0.6) is 0 Å². The summed E-state index contributed by atoms with van der Waals surface area (Å²) >= 11 is 0. The molecule has 3 heterocycles. The summed E-state index contributed by atoms with van der Waals surface area (Å²) in [5.41, 5.74) is 8.54. The molecule has 12 rings (SSSR count). The van der Waals surface area contributed by atoms with Crippen LogP contribution in [0.3, 0.4) is 0 Å². The molecule has 0 spiro atoms. The average Bonchev–Trinajstić information content (AvgIpc) is 3.89. The van der Waals surface area contributed by atoms with Crippen molar-refractivity contribution in [1.29, 1.82) is 0 Å². The molecule has 9 aromatic carbocycles. The second kappa shape index (κ2) is 15.1. The van der Waals surface area contributed by atoms with Gasteiger partial charge in [-0.15, -0.1) is 0 Å². The Morgan fingerprint density at radius 3 is 1.24 bits per heavy atom.